The zero-order chi connectivity index (χ0) is 16.4. The number of hydrogen-bond donors (Lipinski definition) is 2. The fraction of sp³-hybridized carbons (Fsp3) is 0.250. The summed E-state index contributed by atoms with van der Waals surface area (Å²) in [6.45, 7) is 2.01. The van der Waals surface area contributed by atoms with E-state index >= 15 is 0 Å². The van der Waals surface area contributed by atoms with Crippen molar-refractivity contribution in [2.45, 2.75) is 13.3 Å². The van der Waals surface area contributed by atoms with Gasteiger partial charge >= 0.3 is 6.03 Å². The Morgan fingerprint density at radius 2 is 2.13 bits per heavy atom. The molecule has 0 atom stereocenters. The fourth-order valence-corrected chi connectivity index (χ4v) is 2.46. The van der Waals surface area contributed by atoms with Crippen LogP contribution < -0.4 is 10.6 Å². The molecule has 1 saturated heterocycles. The number of hydrogen-bond acceptors (Lipinski definition) is 4. The molecule has 7 heteroatoms. The van der Waals surface area contributed by atoms with Crippen molar-refractivity contribution in [2.75, 3.05) is 18.4 Å². The molecule has 1 aliphatic heterocycles. The van der Waals surface area contributed by atoms with E-state index in [0.717, 1.165) is 11.1 Å². The lowest BCUT2D eigenvalue weighted by Gasteiger charge is -2.25. The SMILES string of the molecule is Cc1ccc2cccc(NC(=O)CN3CCC(=O)NC3=O)c2n1. The van der Waals surface area contributed by atoms with E-state index in [1.165, 1.54) is 4.90 Å². The number of urea groups is 1. The van der Waals surface area contributed by atoms with Crippen LogP contribution in [-0.4, -0.2) is 40.8 Å². The zero-order valence-corrected chi connectivity index (χ0v) is 12.6. The van der Waals surface area contributed by atoms with E-state index < -0.39 is 6.03 Å². The number of rotatable bonds is 3. The molecule has 1 fully saturated rings. The lowest BCUT2D eigenvalue weighted by atomic mass is 10.1. The van der Waals surface area contributed by atoms with Crippen molar-refractivity contribution in [3.63, 3.8) is 0 Å². The van der Waals surface area contributed by atoms with Gasteiger partial charge in [0.15, 0.2) is 0 Å². The van der Waals surface area contributed by atoms with Crippen LogP contribution in [0.1, 0.15) is 12.1 Å². The van der Waals surface area contributed by atoms with Crippen molar-refractivity contribution in [1.82, 2.24) is 15.2 Å². The Hall–Kier alpha value is -2.96. The van der Waals surface area contributed by atoms with Gasteiger partial charge in [-0.25, -0.2) is 4.79 Å². The number of fused-ring (bicyclic) bond motifs is 1. The molecule has 2 aromatic rings. The third-order valence-electron chi connectivity index (χ3n) is 3.61. The summed E-state index contributed by atoms with van der Waals surface area (Å²) in [5.41, 5.74) is 2.16. The standard InChI is InChI=1S/C16H16N4O3/c1-10-5-6-11-3-2-4-12(15(11)17-10)18-14(22)9-20-8-7-13(21)19-16(20)23/h2-6H,7-9H2,1H3,(H,18,22)(H,19,21,23). The van der Waals surface area contributed by atoms with E-state index in [9.17, 15) is 14.4 Å². The second kappa shape index (κ2) is 6.04. The van der Waals surface area contributed by atoms with Crippen LogP contribution >= 0.6 is 0 Å². The predicted molar refractivity (Wildman–Crippen MR) is 84.8 cm³/mol. The summed E-state index contributed by atoms with van der Waals surface area (Å²) in [5.74, 6) is -0.648. The number of pyridine rings is 1. The van der Waals surface area contributed by atoms with Crippen molar-refractivity contribution in [1.29, 1.82) is 0 Å². The molecule has 23 heavy (non-hydrogen) atoms. The van der Waals surface area contributed by atoms with Crippen molar-refractivity contribution < 1.29 is 14.4 Å². The van der Waals surface area contributed by atoms with E-state index in [2.05, 4.69) is 15.6 Å². The van der Waals surface area contributed by atoms with Crippen molar-refractivity contribution >= 4 is 34.4 Å². The Morgan fingerprint density at radius 1 is 1.30 bits per heavy atom. The molecule has 2 N–H and O–H groups in total. The predicted octanol–water partition coefficient (Wildman–Crippen LogP) is 1.42. The molecule has 0 bridgehead atoms. The molecule has 7 nitrogen and oxygen atoms in total. The molecule has 1 aliphatic rings. The summed E-state index contributed by atoms with van der Waals surface area (Å²) >= 11 is 0. The van der Waals surface area contributed by atoms with Crippen LogP contribution in [0.25, 0.3) is 10.9 Å². The number of nitrogens with one attached hydrogen (secondary N) is 2. The van der Waals surface area contributed by atoms with E-state index in [-0.39, 0.29) is 31.3 Å². The molecular weight excluding hydrogens is 296 g/mol. The quantitative estimate of drug-likeness (QED) is 0.896. The monoisotopic (exact) mass is 312 g/mol. The molecule has 0 spiro atoms. The summed E-state index contributed by atoms with van der Waals surface area (Å²) in [5, 5.41) is 5.90. The maximum absolute atomic E-state index is 12.2. The number of nitrogens with zero attached hydrogens (tertiary/aromatic N) is 2. The lowest BCUT2D eigenvalue weighted by Crippen LogP contribution is -2.51. The summed E-state index contributed by atoms with van der Waals surface area (Å²) in [6, 6.07) is 8.83. The van der Waals surface area contributed by atoms with E-state index in [1.807, 2.05) is 31.2 Å². The van der Waals surface area contributed by atoms with Gasteiger partial charge < -0.3 is 10.2 Å². The van der Waals surface area contributed by atoms with Crippen LogP contribution in [0.2, 0.25) is 0 Å². The first-order valence-corrected chi connectivity index (χ1v) is 7.28. The molecule has 2 heterocycles. The smallest absolute Gasteiger partial charge is 0.323 e. The molecule has 1 aromatic carbocycles. The van der Waals surface area contributed by atoms with Gasteiger partial charge in [-0.2, -0.15) is 0 Å². The van der Waals surface area contributed by atoms with Gasteiger partial charge in [-0.1, -0.05) is 18.2 Å². The molecule has 118 valence electrons. The first kappa shape index (κ1) is 15.0. The third-order valence-corrected chi connectivity index (χ3v) is 3.61. The summed E-state index contributed by atoms with van der Waals surface area (Å²) in [7, 11) is 0. The Balaban J connectivity index is 1.74. The normalized spacial score (nSPS) is 14.7. The maximum atomic E-state index is 12.2. The second-order valence-electron chi connectivity index (χ2n) is 5.40. The van der Waals surface area contributed by atoms with Crippen LogP contribution in [0.5, 0.6) is 0 Å². The topological polar surface area (TPSA) is 91.4 Å². The summed E-state index contributed by atoms with van der Waals surface area (Å²) in [6.07, 6.45) is 0.202. The first-order valence-electron chi connectivity index (χ1n) is 7.28. The Morgan fingerprint density at radius 3 is 2.91 bits per heavy atom. The molecule has 0 radical (unpaired) electrons. The molecule has 1 aromatic heterocycles. The molecule has 0 saturated carbocycles. The minimum atomic E-state index is -0.539. The third kappa shape index (κ3) is 3.28. The highest BCUT2D eigenvalue weighted by Gasteiger charge is 2.24. The molecule has 0 aliphatic carbocycles. The van der Waals surface area contributed by atoms with Crippen molar-refractivity contribution in [3.05, 3.63) is 36.0 Å². The molecule has 0 unspecified atom stereocenters. The van der Waals surface area contributed by atoms with Crippen LogP contribution in [0, 0.1) is 6.92 Å². The maximum Gasteiger partial charge on any atom is 0.324 e. The number of amides is 4. The van der Waals surface area contributed by atoms with Gasteiger partial charge in [0, 0.05) is 24.0 Å². The highest BCUT2D eigenvalue weighted by Crippen LogP contribution is 2.21. The minimum Gasteiger partial charge on any atom is -0.323 e. The average molecular weight is 312 g/mol. The number of aryl methyl sites for hydroxylation is 1. The number of aromatic nitrogens is 1. The minimum absolute atomic E-state index is 0.110. The number of imide groups is 1. The van der Waals surface area contributed by atoms with E-state index in [1.54, 1.807) is 6.07 Å². The van der Waals surface area contributed by atoms with E-state index in [0.29, 0.717) is 11.2 Å². The van der Waals surface area contributed by atoms with Gasteiger partial charge in [0.2, 0.25) is 11.8 Å². The van der Waals surface area contributed by atoms with Crippen LogP contribution in [0.3, 0.4) is 0 Å². The van der Waals surface area contributed by atoms with Crippen molar-refractivity contribution in [2.24, 2.45) is 0 Å². The first-order chi connectivity index (χ1) is 11.0. The number of benzene rings is 1. The Kier molecular flexibility index (Phi) is 3.92. The Bertz CT molecular complexity index is 803. The zero-order valence-electron chi connectivity index (χ0n) is 12.6. The van der Waals surface area contributed by atoms with E-state index in [4.69, 9.17) is 0 Å². The summed E-state index contributed by atoms with van der Waals surface area (Å²) in [4.78, 5) is 40.7. The number of carbonyl (C=O) groups excluding carboxylic acids is 3. The second-order valence-corrected chi connectivity index (χ2v) is 5.40. The largest absolute Gasteiger partial charge is 0.324 e. The highest BCUT2D eigenvalue weighted by atomic mass is 16.2. The lowest BCUT2D eigenvalue weighted by molar-refractivity contribution is -0.123. The number of para-hydroxylation sites is 1. The number of carbonyl (C=O) groups is 3. The highest BCUT2D eigenvalue weighted by molar-refractivity contribution is 6.03. The fourth-order valence-electron chi connectivity index (χ4n) is 2.46. The van der Waals surface area contributed by atoms with Gasteiger partial charge in [0.25, 0.3) is 0 Å². The molecule has 4 amide bonds. The molecule has 3 rings (SSSR count). The molecular formula is C16H16N4O3. The van der Waals surface area contributed by atoms with Gasteiger partial charge in [-0.05, 0) is 19.1 Å². The van der Waals surface area contributed by atoms with Gasteiger partial charge in [0.1, 0.15) is 6.54 Å². The van der Waals surface area contributed by atoms with Gasteiger partial charge in [-0.15, -0.1) is 0 Å². The van der Waals surface area contributed by atoms with Crippen LogP contribution in [-0.2, 0) is 9.59 Å². The van der Waals surface area contributed by atoms with Gasteiger partial charge in [0.05, 0.1) is 11.2 Å². The van der Waals surface area contributed by atoms with Crippen molar-refractivity contribution in [3.8, 4) is 0 Å². The Labute approximate surface area is 132 Å². The summed E-state index contributed by atoms with van der Waals surface area (Å²) < 4.78 is 0. The average Bonchev–Trinajstić information content (AvgIpc) is 2.51. The number of anilines is 1. The van der Waals surface area contributed by atoms with Gasteiger partial charge in [-0.3, -0.25) is 19.9 Å². The van der Waals surface area contributed by atoms with Crippen LogP contribution in [0.4, 0.5) is 10.5 Å². The van der Waals surface area contributed by atoms with Crippen LogP contribution in [0.15, 0.2) is 30.3 Å².